The summed E-state index contributed by atoms with van der Waals surface area (Å²) < 4.78 is 44.2. The number of benzene rings is 2. The molecule has 0 heterocycles. The number of carbonyl (C=O) groups excluding carboxylic acids is 2. The molecule has 2 rings (SSSR count). The molecule has 0 saturated heterocycles. The third-order valence-electron chi connectivity index (χ3n) is 3.57. The second-order valence-electron chi connectivity index (χ2n) is 5.45. The van der Waals surface area contributed by atoms with Gasteiger partial charge >= 0.3 is 18.2 Å². The minimum absolute atomic E-state index is 0.167. The number of hydrogen-bond donors (Lipinski definition) is 3. The van der Waals surface area contributed by atoms with E-state index in [0.717, 1.165) is 24.3 Å². The number of nitrogens with one attached hydrogen (secondary N) is 2. The summed E-state index contributed by atoms with van der Waals surface area (Å²) in [5, 5.41) is 15.0. The molecule has 6 nitrogen and oxygen atoms in total. The number of halogens is 3. The standard InChI is InChI=1S/C18H17F3N2O4/c1-2-27-15(24)17(26,18(19,20)21)12-8-10-14(11-9-12)23-16(25)22-13-6-4-3-5-7-13/h3-11,26H,2H2,1H3,(H2,22,23,25)/t17-/m0/s1. The van der Waals surface area contributed by atoms with Crippen molar-refractivity contribution in [1.82, 2.24) is 0 Å². The number of aliphatic hydroxyl groups is 1. The summed E-state index contributed by atoms with van der Waals surface area (Å²) in [4.78, 5) is 23.6. The van der Waals surface area contributed by atoms with Gasteiger partial charge in [0.05, 0.1) is 6.61 Å². The molecule has 0 saturated carbocycles. The molecule has 2 amide bonds. The summed E-state index contributed by atoms with van der Waals surface area (Å²) in [5.74, 6) is -1.82. The van der Waals surface area contributed by atoms with Crippen LogP contribution in [0.15, 0.2) is 54.6 Å². The van der Waals surface area contributed by atoms with Crippen LogP contribution in [0.1, 0.15) is 12.5 Å². The Hall–Kier alpha value is -3.07. The van der Waals surface area contributed by atoms with Crippen LogP contribution in [0.25, 0.3) is 0 Å². The third-order valence-corrected chi connectivity index (χ3v) is 3.57. The van der Waals surface area contributed by atoms with E-state index in [9.17, 15) is 27.9 Å². The van der Waals surface area contributed by atoms with Crippen molar-refractivity contribution in [3.63, 3.8) is 0 Å². The van der Waals surface area contributed by atoms with Crippen molar-refractivity contribution >= 4 is 23.4 Å². The summed E-state index contributed by atoms with van der Waals surface area (Å²) >= 11 is 0. The first-order valence-electron chi connectivity index (χ1n) is 7.88. The maximum atomic E-state index is 13.3. The van der Waals surface area contributed by atoms with Crippen molar-refractivity contribution in [2.24, 2.45) is 0 Å². The highest BCUT2D eigenvalue weighted by molar-refractivity contribution is 5.99. The van der Waals surface area contributed by atoms with Crippen LogP contribution >= 0.6 is 0 Å². The van der Waals surface area contributed by atoms with Gasteiger partial charge in [0, 0.05) is 16.9 Å². The molecular formula is C18H17F3N2O4. The van der Waals surface area contributed by atoms with Crippen LogP contribution in [0.5, 0.6) is 0 Å². The number of alkyl halides is 3. The molecule has 0 aliphatic heterocycles. The van der Waals surface area contributed by atoms with Crippen molar-refractivity contribution in [2.45, 2.75) is 18.7 Å². The van der Waals surface area contributed by atoms with E-state index in [2.05, 4.69) is 15.4 Å². The van der Waals surface area contributed by atoms with Crippen LogP contribution in [-0.2, 0) is 15.1 Å². The van der Waals surface area contributed by atoms with Gasteiger partial charge in [0.25, 0.3) is 5.60 Å². The van der Waals surface area contributed by atoms with Crippen molar-refractivity contribution in [1.29, 1.82) is 0 Å². The number of para-hydroxylation sites is 1. The number of carbonyl (C=O) groups is 2. The summed E-state index contributed by atoms with van der Waals surface area (Å²) in [5.41, 5.74) is -3.82. The first kappa shape index (κ1) is 20.2. The Morgan fingerprint density at radius 1 is 0.963 bits per heavy atom. The van der Waals surface area contributed by atoms with Crippen LogP contribution in [0.4, 0.5) is 29.3 Å². The van der Waals surface area contributed by atoms with Gasteiger partial charge in [-0.2, -0.15) is 13.2 Å². The number of rotatable bonds is 5. The summed E-state index contributed by atoms with van der Waals surface area (Å²) in [6.45, 7) is 1.00. The zero-order valence-electron chi connectivity index (χ0n) is 14.2. The average Bonchev–Trinajstić information content (AvgIpc) is 2.61. The number of urea groups is 1. The van der Waals surface area contributed by atoms with Gasteiger partial charge < -0.3 is 20.5 Å². The lowest BCUT2D eigenvalue weighted by molar-refractivity contribution is -0.267. The van der Waals surface area contributed by atoms with Gasteiger partial charge in [-0.15, -0.1) is 0 Å². The minimum atomic E-state index is -5.28. The normalized spacial score (nSPS) is 13.4. The Morgan fingerprint density at radius 3 is 1.96 bits per heavy atom. The molecule has 2 aromatic carbocycles. The maximum absolute atomic E-state index is 13.3. The first-order valence-corrected chi connectivity index (χ1v) is 7.88. The highest BCUT2D eigenvalue weighted by Crippen LogP contribution is 2.40. The van der Waals surface area contributed by atoms with E-state index in [0.29, 0.717) is 5.69 Å². The molecule has 27 heavy (non-hydrogen) atoms. The van der Waals surface area contributed by atoms with Gasteiger partial charge in [-0.3, -0.25) is 0 Å². The summed E-state index contributed by atoms with van der Waals surface area (Å²) in [6.07, 6.45) is -5.28. The smallest absolute Gasteiger partial charge is 0.432 e. The van der Waals surface area contributed by atoms with E-state index < -0.39 is 29.3 Å². The fourth-order valence-corrected chi connectivity index (χ4v) is 2.24. The molecule has 1 atom stereocenters. The number of hydrogen-bond acceptors (Lipinski definition) is 4. The molecule has 0 fully saturated rings. The molecule has 0 bridgehead atoms. The lowest BCUT2D eigenvalue weighted by Gasteiger charge is -2.28. The molecule has 0 aromatic heterocycles. The second kappa shape index (κ2) is 8.09. The molecule has 0 unspecified atom stereocenters. The van der Waals surface area contributed by atoms with Crippen LogP contribution in [-0.4, -0.2) is 29.9 Å². The predicted molar refractivity (Wildman–Crippen MR) is 92.1 cm³/mol. The van der Waals surface area contributed by atoms with Crippen molar-refractivity contribution < 1.29 is 32.6 Å². The van der Waals surface area contributed by atoms with E-state index in [-0.39, 0.29) is 12.3 Å². The lowest BCUT2D eigenvalue weighted by Crippen LogP contribution is -2.50. The Balaban J connectivity index is 2.17. The topological polar surface area (TPSA) is 87.7 Å². The van der Waals surface area contributed by atoms with Gasteiger partial charge in [-0.25, -0.2) is 9.59 Å². The Bertz CT molecular complexity index is 795. The minimum Gasteiger partial charge on any atom is -0.463 e. The van der Waals surface area contributed by atoms with Crippen molar-refractivity contribution in [2.75, 3.05) is 17.2 Å². The Morgan fingerprint density at radius 2 is 1.48 bits per heavy atom. The quantitative estimate of drug-likeness (QED) is 0.689. The van der Waals surface area contributed by atoms with Gasteiger partial charge in [0.15, 0.2) is 0 Å². The van der Waals surface area contributed by atoms with Gasteiger partial charge in [0.1, 0.15) is 0 Å². The van der Waals surface area contributed by atoms with E-state index in [1.165, 1.54) is 6.92 Å². The number of ether oxygens (including phenoxy) is 1. The number of amides is 2. The Kier molecular flexibility index (Phi) is 6.06. The largest absolute Gasteiger partial charge is 0.463 e. The Labute approximate surface area is 153 Å². The lowest BCUT2D eigenvalue weighted by atomic mass is 9.93. The number of anilines is 2. The van der Waals surface area contributed by atoms with Crippen molar-refractivity contribution in [3.05, 3.63) is 60.2 Å². The SMILES string of the molecule is CCOC(=O)[C@@](O)(c1ccc(NC(=O)Nc2ccccc2)cc1)C(F)(F)F. The molecule has 0 aliphatic carbocycles. The fraction of sp³-hybridized carbons (Fsp3) is 0.222. The molecule has 0 aliphatic rings. The molecule has 3 N–H and O–H groups in total. The predicted octanol–water partition coefficient (Wildman–Crippen LogP) is 3.64. The molecule has 0 spiro atoms. The maximum Gasteiger partial charge on any atom is 0.432 e. The zero-order chi connectivity index (χ0) is 20.1. The number of esters is 1. The van der Waals surface area contributed by atoms with Gasteiger partial charge in [-0.1, -0.05) is 30.3 Å². The summed E-state index contributed by atoms with van der Waals surface area (Å²) in [7, 11) is 0. The van der Waals surface area contributed by atoms with Crippen LogP contribution in [0, 0.1) is 0 Å². The average molecular weight is 382 g/mol. The molecule has 2 aromatic rings. The van der Waals surface area contributed by atoms with Crippen LogP contribution in [0.2, 0.25) is 0 Å². The monoisotopic (exact) mass is 382 g/mol. The molecule has 0 radical (unpaired) electrons. The zero-order valence-corrected chi connectivity index (χ0v) is 14.2. The van der Waals surface area contributed by atoms with Crippen LogP contribution in [0.3, 0.4) is 0 Å². The van der Waals surface area contributed by atoms with E-state index in [1.807, 2.05) is 0 Å². The fourth-order valence-electron chi connectivity index (χ4n) is 2.24. The van der Waals surface area contributed by atoms with E-state index >= 15 is 0 Å². The molecular weight excluding hydrogens is 365 g/mol. The second-order valence-corrected chi connectivity index (χ2v) is 5.45. The van der Waals surface area contributed by atoms with Gasteiger partial charge in [0.2, 0.25) is 0 Å². The highest BCUT2D eigenvalue weighted by Gasteiger charge is 2.62. The highest BCUT2D eigenvalue weighted by atomic mass is 19.4. The van der Waals surface area contributed by atoms with Crippen LogP contribution < -0.4 is 10.6 Å². The first-order chi connectivity index (χ1) is 12.7. The summed E-state index contributed by atoms with van der Waals surface area (Å²) in [6, 6.07) is 12.0. The third kappa shape index (κ3) is 4.56. The van der Waals surface area contributed by atoms with Gasteiger partial charge in [-0.05, 0) is 31.2 Å². The van der Waals surface area contributed by atoms with E-state index in [1.54, 1.807) is 30.3 Å². The molecule has 144 valence electrons. The van der Waals surface area contributed by atoms with Crippen molar-refractivity contribution in [3.8, 4) is 0 Å². The van der Waals surface area contributed by atoms with E-state index in [4.69, 9.17) is 0 Å². The molecule has 9 heteroatoms.